The maximum atomic E-state index is 14.4. The smallest absolute Gasteiger partial charge is 0.416 e. The number of fused-ring (bicyclic) bond motifs is 2. The van der Waals surface area contributed by atoms with Crippen LogP contribution in [-0.4, -0.2) is 92.5 Å². The topological polar surface area (TPSA) is 206 Å². The molecule has 0 radical (unpaired) electrons. The number of nitrogens with zero attached hydrogens (tertiary/aromatic N) is 14. The van der Waals surface area contributed by atoms with E-state index in [9.17, 15) is 84.9 Å². The predicted molar refractivity (Wildman–Crippen MR) is 331 cm³/mol. The molecule has 536 valence electrons. The highest BCUT2D eigenvalue weighted by Gasteiger charge is 2.42. The number of carboxylic acid groups (broad SMARTS) is 1. The number of hydrogen-bond acceptors (Lipinski definition) is 14. The Morgan fingerprint density at radius 3 is 1.15 bits per heavy atom. The van der Waals surface area contributed by atoms with Gasteiger partial charge in [0, 0.05) is 98.2 Å². The van der Waals surface area contributed by atoms with E-state index in [4.69, 9.17) is 15.7 Å². The zero-order chi connectivity index (χ0) is 71.9. The van der Waals surface area contributed by atoms with Crippen LogP contribution >= 0.6 is 0 Å². The van der Waals surface area contributed by atoms with Gasteiger partial charge in [-0.1, -0.05) is 10.2 Å². The largest absolute Gasteiger partial charge is 0.481 e. The number of primary amides is 1. The van der Waals surface area contributed by atoms with Crippen molar-refractivity contribution in [2.45, 2.75) is 153 Å². The molecular weight excluding hydrogens is 1350 g/mol. The number of aliphatic carboxylic acids is 1. The number of hydrogen-bond donors (Lipinski definition) is 2. The van der Waals surface area contributed by atoms with E-state index in [1.54, 1.807) is 12.1 Å². The summed E-state index contributed by atoms with van der Waals surface area (Å²) in [5, 5.41) is 33.7. The van der Waals surface area contributed by atoms with Crippen LogP contribution in [0.3, 0.4) is 0 Å². The molecule has 3 N–H and O–H groups in total. The third-order valence-electron chi connectivity index (χ3n) is 19.1. The predicted octanol–water partition coefficient (Wildman–Crippen LogP) is 14.5. The SMILES string of the molecule is Cn1nnc(N(Cc2cc(C(F)(F)F)cc(C(F)(F)F)c2)Cc2cc3cc(F)c(F)cc3nc2N2CCC[C@@H]2C2CCC(CC(=O)O)CC2)n1.Cn1nnc(N(Cc2cc(C(F)(F)F)cc(C(F)(F)F)c2)Cc2cc3cc(F)c(F)cc3nc2N2CCC[C@@H]2C2CCC(CC(N)=O)CC2)n1. The van der Waals surface area contributed by atoms with Crippen molar-refractivity contribution in [1.82, 2.24) is 50.4 Å². The van der Waals surface area contributed by atoms with Gasteiger partial charge in [-0.05, 0) is 183 Å². The van der Waals surface area contributed by atoms with Crippen molar-refractivity contribution >= 4 is 57.2 Å². The number of pyridine rings is 2. The lowest BCUT2D eigenvalue weighted by atomic mass is 9.76. The van der Waals surface area contributed by atoms with Crippen LogP contribution in [-0.2, 0) is 74.6 Å². The van der Waals surface area contributed by atoms with Crippen LogP contribution < -0.4 is 25.3 Å². The quantitative estimate of drug-likeness (QED) is 0.0766. The second-order valence-corrected chi connectivity index (χ2v) is 26.2. The van der Waals surface area contributed by atoms with E-state index in [1.807, 2.05) is 0 Å². The molecule has 4 fully saturated rings. The zero-order valence-electron chi connectivity index (χ0n) is 53.7. The summed E-state index contributed by atoms with van der Waals surface area (Å²) < 4.78 is 222. The van der Waals surface area contributed by atoms with E-state index in [0.29, 0.717) is 66.5 Å². The second kappa shape index (κ2) is 28.8. The number of rotatable bonds is 18. The molecule has 2 saturated carbocycles. The second-order valence-electron chi connectivity index (χ2n) is 26.2. The minimum atomic E-state index is -5.06. The van der Waals surface area contributed by atoms with Crippen LogP contribution in [0.5, 0.6) is 0 Å². The van der Waals surface area contributed by atoms with Crippen LogP contribution in [0.15, 0.2) is 72.8 Å². The monoisotopic (exact) mass is 1420 g/mol. The lowest BCUT2D eigenvalue weighted by Gasteiger charge is -2.38. The summed E-state index contributed by atoms with van der Waals surface area (Å²) in [6.45, 7) is -0.204. The maximum Gasteiger partial charge on any atom is 0.416 e. The van der Waals surface area contributed by atoms with Gasteiger partial charge < -0.3 is 30.4 Å². The molecule has 12 rings (SSSR count). The van der Waals surface area contributed by atoms with Gasteiger partial charge in [0.1, 0.15) is 11.6 Å². The van der Waals surface area contributed by atoms with E-state index >= 15 is 0 Å². The highest BCUT2D eigenvalue weighted by atomic mass is 19.4. The van der Waals surface area contributed by atoms with E-state index in [2.05, 4.69) is 40.6 Å². The summed E-state index contributed by atoms with van der Waals surface area (Å²) in [4.78, 5) is 41.4. The van der Waals surface area contributed by atoms with Crippen LogP contribution in [0.1, 0.15) is 134 Å². The summed E-state index contributed by atoms with van der Waals surface area (Å²) in [5.41, 5.74) is 0.135. The molecule has 2 aliphatic heterocycles. The van der Waals surface area contributed by atoms with Gasteiger partial charge in [0.05, 0.1) is 47.4 Å². The number of carbonyl (C=O) groups is 2. The van der Waals surface area contributed by atoms with Crippen LogP contribution in [0, 0.1) is 46.9 Å². The van der Waals surface area contributed by atoms with Crippen LogP contribution in [0.25, 0.3) is 21.8 Å². The Balaban J connectivity index is 0.000000202. The number of carbonyl (C=O) groups excluding carboxylic acids is 1. The number of alkyl halides is 12. The number of aryl methyl sites for hydroxylation is 2. The number of anilines is 4. The normalized spacial score (nSPS) is 20.1. The Bertz CT molecular complexity index is 3950. The van der Waals surface area contributed by atoms with Gasteiger partial charge in [-0.3, -0.25) is 9.59 Å². The molecule has 18 nitrogen and oxygen atoms in total. The minimum absolute atomic E-state index is 0.0134. The fourth-order valence-electron chi connectivity index (χ4n) is 14.6. The molecule has 4 aromatic heterocycles. The molecule has 6 heterocycles. The summed E-state index contributed by atoms with van der Waals surface area (Å²) in [6, 6.07) is 9.75. The molecule has 34 heteroatoms. The van der Waals surface area contributed by atoms with Gasteiger partial charge in [-0.2, -0.15) is 62.3 Å². The molecule has 0 bridgehead atoms. The standard InChI is InChI=1S/C33H34F8N8O.C33H33F8N7O2/c1-47-45-31(44-46-47)48(16-19-9-23(32(36,37)38)14-24(10-19)33(39,40)41)17-22-12-21-13-25(34)26(35)15-27(21)43-30(22)49-8-2-3-28(49)20-6-4-18(5-7-20)11-29(42)50;1-46-44-31(43-45-46)47(16-19-9-23(32(36,37)38)14-24(10-19)33(39,40)41)17-22-12-21-13-25(34)26(35)15-27(21)42-30(22)48-8-2-3-28(48)20-6-4-18(5-7-20)11-29(49)50/h9-10,12-15,18,20,28H,2-8,11,16-17H2,1H3,(H2,42,50);9-10,12-15,18,20,28H,2-8,11,16-17H2,1H3,(H,49,50)/t2*18?,20?,28-/m11/s1. The van der Waals surface area contributed by atoms with Gasteiger partial charge >= 0.3 is 30.7 Å². The van der Waals surface area contributed by atoms with Crippen molar-refractivity contribution in [3.8, 4) is 0 Å². The van der Waals surface area contributed by atoms with E-state index in [0.717, 1.165) is 111 Å². The Hall–Kier alpha value is -9.14. The van der Waals surface area contributed by atoms with E-state index < -0.39 is 89.3 Å². The lowest BCUT2D eigenvalue weighted by molar-refractivity contribution is -0.144. The summed E-state index contributed by atoms with van der Waals surface area (Å²) in [6.07, 6.45) is -10.2. The van der Waals surface area contributed by atoms with Crippen molar-refractivity contribution in [1.29, 1.82) is 0 Å². The molecule has 4 aromatic carbocycles. The lowest BCUT2D eigenvalue weighted by Crippen LogP contribution is -2.39. The Morgan fingerprint density at radius 1 is 0.480 bits per heavy atom. The number of amides is 1. The highest BCUT2D eigenvalue weighted by molar-refractivity contribution is 5.84. The third-order valence-corrected chi connectivity index (χ3v) is 19.1. The minimum Gasteiger partial charge on any atom is -0.481 e. The fraction of sp³-hybridized carbons (Fsp3) is 0.485. The number of nitrogens with two attached hydrogens (primary N) is 1. The summed E-state index contributed by atoms with van der Waals surface area (Å²) in [7, 11) is 2.90. The molecule has 100 heavy (non-hydrogen) atoms. The third kappa shape index (κ3) is 17.0. The first-order valence-electron chi connectivity index (χ1n) is 32.3. The van der Waals surface area contributed by atoms with Crippen molar-refractivity contribution in [2.75, 3.05) is 32.7 Å². The van der Waals surface area contributed by atoms with Crippen LogP contribution in [0.2, 0.25) is 0 Å². The van der Waals surface area contributed by atoms with Crippen molar-refractivity contribution in [3.05, 3.63) is 141 Å². The van der Waals surface area contributed by atoms with Crippen molar-refractivity contribution in [3.63, 3.8) is 0 Å². The maximum absolute atomic E-state index is 14.4. The zero-order valence-corrected chi connectivity index (χ0v) is 53.7. The fourth-order valence-corrected chi connectivity index (χ4v) is 14.6. The Morgan fingerprint density at radius 2 is 0.830 bits per heavy atom. The van der Waals surface area contributed by atoms with E-state index in [1.165, 1.54) is 23.9 Å². The average Bonchev–Trinajstić information content (AvgIpc) is 1.39. The molecule has 2 atom stereocenters. The van der Waals surface area contributed by atoms with Crippen LogP contribution in [0.4, 0.5) is 93.8 Å². The van der Waals surface area contributed by atoms with Gasteiger partial charge in [0.2, 0.25) is 5.91 Å². The number of tetrazole rings is 2. The van der Waals surface area contributed by atoms with Gasteiger partial charge in [0.15, 0.2) is 23.3 Å². The molecule has 0 spiro atoms. The summed E-state index contributed by atoms with van der Waals surface area (Å²) in [5.74, 6) is -4.23. The number of halogens is 16. The molecule has 8 aromatic rings. The molecule has 2 aliphatic carbocycles. The number of aromatic nitrogens is 10. The van der Waals surface area contributed by atoms with Gasteiger partial charge in [-0.15, -0.1) is 10.2 Å². The van der Waals surface area contributed by atoms with Gasteiger partial charge in [-0.25, -0.2) is 27.5 Å². The average molecular weight is 1420 g/mol. The van der Waals surface area contributed by atoms with Gasteiger partial charge in [0.25, 0.3) is 11.9 Å². The van der Waals surface area contributed by atoms with E-state index in [-0.39, 0.29) is 118 Å². The Labute approximate surface area is 560 Å². The molecule has 2 saturated heterocycles. The summed E-state index contributed by atoms with van der Waals surface area (Å²) >= 11 is 0. The number of benzene rings is 4. The first-order chi connectivity index (χ1) is 47.1. The van der Waals surface area contributed by atoms with Crippen molar-refractivity contribution in [2.24, 2.45) is 43.5 Å². The Kier molecular flexibility index (Phi) is 20.8. The molecular formula is C66H67F16N15O3. The number of carboxylic acids is 1. The first kappa shape index (κ1) is 72.1. The highest BCUT2D eigenvalue weighted by Crippen LogP contribution is 2.45. The van der Waals surface area contributed by atoms with Crippen molar-refractivity contribution < 1.29 is 84.9 Å². The molecule has 0 unspecified atom stereocenters. The molecule has 1 amide bonds. The first-order valence-corrected chi connectivity index (χ1v) is 32.3. The molecule has 4 aliphatic rings.